The zero-order valence-corrected chi connectivity index (χ0v) is 32.1. The fraction of sp³-hybridized carbons (Fsp3) is 0. The molecule has 0 bridgehead atoms. The van der Waals surface area contributed by atoms with Crippen LogP contribution in [0, 0.1) is 0 Å². The first-order valence-corrected chi connectivity index (χ1v) is 19.0. The van der Waals surface area contributed by atoms with Crippen LogP contribution in [-0.4, -0.2) is 98.0 Å². The minimum atomic E-state index is -0.00178. The molecule has 0 aliphatic carbocycles. The molecule has 0 unspecified atom stereocenters. The van der Waals surface area contributed by atoms with Crippen LogP contribution >= 0.6 is 0 Å². The fourth-order valence-electron chi connectivity index (χ4n) is 8.50. The predicted molar refractivity (Wildman–Crippen MR) is 259 cm³/mol. The standard InChI is InChI=1S/C45H16B10N4O2/c46-31-29(32(47)36(51)39(54)35(31)50)44-56-43(57-45(58-44)30-33(48)37(52)40(55)38(53)34(30)49)17-12-13-19-20-8-5-10-25(41(20)61-27(19)16-17)59-23-9-3-1-7-22(23)28-24(59)15-14-21-18-6-2-4-11-26(18)60-42(21)28/h1-16H. The van der Waals surface area contributed by atoms with Crippen LogP contribution in [0.15, 0.2) is 106 Å². The topological polar surface area (TPSA) is 69.9 Å². The second-order valence-corrected chi connectivity index (χ2v) is 14.9. The Hall–Kier alpha value is -6.40. The van der Waals surface area contributed by atoms with E-state index < -0.39 is 0 Å². The molecular formula is C45H16B10N4O2. The van der Waals surface area contributed by atoms with Crippen LogP contribution in [0.1, 0.15) is 0 Å². The van der Waals surface area contributed by atoms with Crippen molar-refractivity contribution in [2.45, 2.75) is 0 Å². The van der Waals surface area contributed by atoms with Crippen molar-refractivity contribution in [2.75, 3.05) is 0 Å². The molecular weight excluding hydrogens is 737 g/mol. The summed E-state index contributed by atoms with van der Waals surface area (Å²) in [5.74, 6) is 0.163. The Balaban J connectivity index is 1.14. The summed E-state index contributed by atoms with van der Waals surface area (Å²) in [6.45, 7) is 0. The summed E-state index contributed by atoms with van der Waals surface area (Å²) in [7, 11) is 63.4. The average Bonchev–Trinajstić information content (AvgIpc) is 3.95. The molecule has 258 valence electrons. The van der Waals surface area contributed by atoms with E-state index in [-0.39, 0.29) is 83.2 Å². The summed E-state index contributed by atoms with van der Waals surface area (Å²) in [4.78, 5) is 14.4. The van der Waals surface area contributed by atoms with Gasteiger partial charge in [-0.15, -0.1) is 32.8 Å². The molecule has 6 nitrogen and oxygen atoms in total. The molecule has 0 saturated carbocycles. The van der Waals surface area contributed by atoms with Crippen molar-refractivity contribution in [3.63, 3.8) is 0 Å². The number of furan rings is 2. The molecule has 0 aliphatic heterocycles. The lowest BCUT2D eigenvalue weighted by molar-refractivity contribution is 0.666. The maximum absolute atomic E-state index is 6.81. The summed E-state index contributed by atoms with van der Waals surface area (Å²) in [6.07, 6.45) is 0. The van der Waals surface area contributed by atoms with Crippen molar-refractivity contribution in [2.24, 2.45) is 0 Å². The van der Waals surface area contributed by atoms with Crippen LogP contribution in [0.25, 0.3) is 106 Å². The Bertz CT molecular complexity index is 3600. The molecule has 11 rings (SSSR count). The SMILES string of the molecule is [B]c1c([B])c([B])c(-c2nc(-c3ccc4c(c3)oc3c(-n5c6ccccc6c6c7oc8ccccc8c7ccc65)cccc34)nc(-c3c([B])c([B])c([B])c([B])c3[B])n2)c([B])c1[B]. The lowest BCUT2D eigenvalue weighted by Crippen LogP contribution is -2.55. The van der Waals surface area contributed by atoms with Gasteiger partial charge in [-0.25, -0.2) is 15.0 Å². The van der Waals surface area contributed by atoms with Gasteiger partial charge in [0.15, 0.2) is 23.1 Å². The van der Waals surface area contributed by atoms with E-state index in [4.69, 9.17) is 102 Å². The van der Waals surface area contributed by atoms with E-state index in [1.54, 1.807) is 0 Å². The molecule has 16 heteroatoms. The summed E-state index contributed by atoms with van der Waals surface area (Å²) in [6, 6.07) is 32.3. The van der Waals surface area contributed by atoms with E-state index in [1.807, 2.05) is 66.7 Å². The van der Waals surface area contributed by atoms with Crippen LogP contribution in [-0.2, 0) is 0 Å². The molecule has 0 N–H and O–H groups in total. The Morgan fingerprint density at radius 3 is 1.52 bits per heavy atom. The lowest BCUT2D eigenvalue weighted by Gasteiger charge is -2.22. The van der Waals surface area contributed by atoms with Gasteiger partial charge in [-0.1, -0.05) is 76.4 Å². The smallest absolute Gasteiger partial charge is 0.164 e. The van der Waals surface area contributed by atoms with Crippen molar-refractivity contribution in [1.82, 2.24) is 19.5 Å². The van der Waals surface area contributed by atoms with Gasteiger partial charge in [0.05, 0.1) is 22.1 Å². The molecule has 0 spiro atoms. The largest absolute Gasteiger partial charge is 0.455 e. The zero-order valence-electron chi connectivity index (χ0n) is 32.1. The summed E-state index contributed by atoms with van der Waals surface area (Å²) < 4.78 is 15.6. The zero-order chi connectivity index (χ0) is 42.2. The molecule has 7 aromatic carbocycles. The van der Waals surface area contributed by atoms with Gasteiger partial charge in [-0.3, -0.25) is 0 Å². The number of para-hydroxylation sites is 3. The van der Waals surface area contributed by atoms with E-state index in [1.165, 1.54) is 0 Å². The Morgan fingerprint density at radius 2 is 0.869 bits per heavy atom. The Morgan fingerprint density at radius 1 is 0.377 bits per heavy atom. The minimum Gasteiger partial charge on any atom is -0.455 e. The highest BCUT2D eigenvalue weighted by atomic mass is 16.3. The van der Waals surface area contributed by atoms with Crippen molar-refractivity contribution in [1.29, 1.82) is 0 Å². The van der Waals surface area contributed by atoms with E-state index in [0.717, 1.165) is 60.2 Å². The van der Waals surface area contributed by atoms with Crippen LogP contribution in [0.5, 0.6) is 0 Å². The van der Waals surface area contributed by atoms with Crippen LogP contribution < -0.4 is 54.6 Å². The molecule has 11 aromatic rings. The van der Waals surface area contributed by atoms with Gasteiger partial charge in [0, 0.05) is 43.6 Å². The van der Waals surface area contributed by atoms with Gasteiger partial charge < -0.3 is 13.4 Å². The number of hydrogen-bond acceptors (Lipinski definition) is 5. The minimum absolute atomic E-state index is 0.00178. The molecule has 0 saturated heterocycles. The van der Waals surface area contributed by atoms with Crippen LogP contribution in [0.2, 0.25) is 0 Å². The Labute approximate surface area is 362 Å². The highest BCUT2D eigenvalue weighted by Gasteiger charge is 2.24. The van der Waals surface area contributed by atoms with Gasteiger partial charge in [0.2, 0.25) is 0 Å². The second-order valence-electron chi connectivity index (χ2n) is 14.9. The van der Waals surface area contributed by atoms with Gasteiger partial charge in [0.1, 0.15) is 95.2 Å². The van der Waals surface area contributed by atoms with Crippen LogP contribution in [0.3, 0.4) is 0 Å². The predicted octanol–water partition coefficient (Wildman–Crippen LogP) is -0.293. The van der Waals surface area contributed by atoms with E-state index in [0.29, 0.717) is 16.7 Å². The van der Waals surface area contributed by atoms with Gasteiger partial charge >= 0.3 is 0 Å². The second kappa shape index (κ2) is 13.6. The maximum Gasteiger partial charge on any atom is 0.164 e. The van der Waals surface area contributed by atoms with Crippen molar-refractivity contribution in [3.05, 3.63) is 97.1 Å². The summed E-state index contributed by atoms with van der Waals surface area (Å²) >= 11 is 0. The molecule has 0 aliphatic rings. The van der Waals surface area contributed by atoms with Crippen molar-refractivity contribution in [3.8, 4) is 39.9 Å². The first-order valence-electron chi connectivity index (χ1n) is 19.0. The van der Waals surface area contributed by atoms with Gasteiger partial charge in [0.25, 0.3) is 0 Å². The van der Waals surface area contributed by atoms with Crippen LogP contribution in [0.4, 0.5) is 0 Å². The van der Waals surface area contributed by atoms with Crippen molar-refractivity contribution < 1.29 is 8.83 Å². The molecule has 4 heterocycles. The quantitative estimate of drug-likeness (QED) is 0.232. The molecule has 0 amide bonds. The highest BCUT2D eigenvalue weighted by molar-refractivity contribution is 6.70. The Kier molecular flexibility index (Phi) is 8.35. The molecule has 4 aromatic heterocycles. The van der Waals surface area contributed by atoms with Crippen molar-refractivity contribution >= 4 is 199 Å². The van der Waals surface area contributed by atoms with Gasteiger partial charge in [-0.05, 0) is 42.5 Å². The third-order valence-corrected chi connectivity index (χ3v) is 11.6. The maximum atomic E-state index is 6.81. The third kappa shape index (κ3) is 5.33. The molecule has 0 atom stereocenters. The van der Waals surface area contributed by atoms with E-state index >= 15 is 0 Å². The van der Waals surface area contributed by atoms with E-state index in [2.05, 4.69) is 34.9 Å². The summed E-state index contributed by atoms with van der Waals surface area (Å²) in [5, 5.41) is 5.93. The van der Waals surface area contributed by atoms with Gasteiger partial charge in [-0.2, -0.15) is 0 Å². The average molecular weight is 753 g/mol. The number of benzene rings is 7. The fourth-order valence-corrected chi connectivity index (χ4v) is 8.50. The molecule has 61 heavy (non-hydrogen) atoms. The number of hydrogen-bond donors (Lipinski definition) is 0. The summed E-state index contributed by atoms with van der Waals surface area (Å²) in [5.41, 5.74) is 6.61. The number of aromatic nitrogens is 4. The first-order chi connectivity index (χ1) is 29.4. The monoisotopic (exact) mass is 754 g/mol. The molecule has 0 fully saturated rings. The third-order valence-electron chi connectivity index (χ3n) is 11.6. The number of fused-ring (bicyclic) bond motifs is 10. The normalized spacial score (nSPS) is 11.9. The highest BCUT2D eigenvalue weighted by Crippen LogP contribution is 2.43. The lowest BCUT2D eigenvalue weighted by atomic mass is 9.60. The first kappa shape index (κ1) is 37.6. The number of nitrogens with zero attached hydrogens (tertiary/aromatic N) is 4. The number of rotatable bonds is 4. The molecule has 20 radical (unpaired) electrons. The van der Waals surface area contributed by atoms with E-state index in [9.17, 15) is 0 Å².